The molecule has 106 valence electrons. The predicted octanol–water partition coefficient (Wildman–Crippen LogP) is 5.23. The van der Waals surface area contributed by atoms with Crippen LogP contribution in [0.25, 0.3) is 0 Å². The molecule has 1 rings (SSSR count). The molecule has 1 heteroatoms. The maximum Gasteiger partial charge on any atom is 0.0488 e. The van der Waals surface area contributed by atoms with E-state index < -0.39 is 0 Å². The first-order valence-corrected chi connectivity index (χ1v) is 7.30. The van der Waals surface area contributed by atoms with Crippen molar-refractivity contribution in [3.63, 3.8) is 0 Å². The largest absolute Gasteiger partial charge is 0.315 e. The molecule has 0 aliphatic heterocycles. The highest BCUT2D eigenvalue weighted by Crippen LogP contribution is 2.18. The van der Waals surface area contributed by atoms with Gasteiger partial charge in [0.25, 0.3) is 0 Å². The van der Waals surface area contributed by atoms with Crippen molar-refractivity contribution in [2.45, 2.75) is 46.5 Å². The average molecular weight is 267 g/mol. The summed E-state index contributed by atoms with van der Waals surface area (Å²) < 4.78 is 0. The Morgan fingerprint density at radius 2 is 2.20 bits per heavy atom. The molecular weight excluding hydrogens is 242 g/mol. The van der Waals surface area contributed by atoms with Gasteiger partial charge in [0.2, 0.25) is 0 Å². The van der Waals surface area contributed by atoms with Crippen molar-refractivity contribution < 1.29 is 0 Å². The summed E-state index contributed by atoms with van der Waals surface area (Å²) in [7, 11) is 0. The van der Waals surface area contributed by atoms with E-state index >= 15 is 0 Å². The van der Waals surface area contributed by atoms with Crippen molar-refractivity contribution in [1.82, 2.24) is 0 Å². The van der Waals surface area contributed by atoms with Crippen LogP contribution in [0.5, 0.6) is 0 Å². The SMILES string of the molecule is C#CNc1ccc(CCC/C(C)=C/C=C\CC)cc1C. The highest BCUT2D eigenvalue weighted by molar-refractivity contribution is 5.55. The van der Waals surface area contributed by atoms with Gasteiger partial charge < -0.3 is 5.32 Å². The number of aryl methyl sites for hydroxylation is 2. The number of allylic oxidation sites excluding steroid dienone is 4. The number of hydrogen-bond donors (Lipinski definition) is 1. The maximum absolute atomic E-state index is 5.26. The Bertz CT molecular complexity index is 515. The van der Waals surface area contributed by atoms with Crippen LogP contribution in [-0.2, 0) is 6.42 Å². The highest BCUT2D eigenvalue weighted by Gasteiger charge is 1.99. The van der Waals surface area contributed by atoms with Crippen molar-refractivity contribution in [3.8, 4) is 12.5 Å². The maximum atomic E-state index is 5.26. The molecule has 0 amide bonds. The van der Waals surface area contributed by atoms with Gasteiger partial charge in [0.15, 0.2) is 0 Å². The predicted molar refractivity (Wildman–Crippen MR) is 89.8 cm³/mol. The summed E-state index contributed by atoms with van der Waals surface area (Å²) in [4.78, 5) is 0. The zero-order valence-corrected chi connectivity index (χ0v) is 12.9. The molecule has 1 aromatic carbocycles. The van der Waals surface area contributed by atoms with Gasteiger partial charge in [-0.15, -0.1) is 0 Å². The second-order valence-electron chi connectivity index (χ2n) is 5.12. The lowest BCUT2D eigenvalue weighted by Gasteiger charge is -2.07. The third-order valence-corrected chi connectivity index (χ3v) is 3.29. The van der Waals surface area contributed by atoms with Crippen LogP contribution in [0, 0.1) is 19.4 Å². The number of hydrogen-bond acceptors (Lipinski definition) is 1. The Morgan fingerprint density at radius 1 is 1.40 bits per heavy atom. The zero-order valence-electron chi connectivity index (χ0n) is 12.9. The molecule has 0 radical (unpaired) electrons. The van der Waals surface area contributed by atoms with E-state index in [1.165, 1.54) is 23.1 Å². The fourth-order valence-corrected chi connectivity index (χ4v) is 2.12. The minimum absolute atomic E-state index is 1.03. The van der Waals surface area contributed by atoms with Gasteiger partial charge in [-0.25, -0.2) is 0 Å². The standard InChI is InChI=1S/C19H25N/c1-5-7-8-10-16(3)11-9-12-18-13-14-19(20-6-2)17(4)15-18/h2,7-8,10,13-15,20H,5,9,11-12H2,1,3-4H3/b8-7-,16-10+. The summed E-state index contributed by atoms with van der Waals surface area (Å²) in [6, 6.07) is 8.90. The van der Waals surface area contributed by atoms with Crippen molar-refractivity contribution >= 4 is 5.69 Å². The van der Waals surface area contributed by atoms with E-state index in [2.05, 4.69) is 68.6 Å². The van der Waals surface area contributed by atoms with Gasteiger partial charge in [0, 0.05) is 11.7 Å². The molecule has 0 unspecified atom stereocenters. The molecule has 0 aromatic heterocycles. The molecule has 0 fully saturated rings. The van der Waals surface area contributed by atoms with E-state index in [0.29, 0.717) is 0 Å². The number of anilines is 1. The lowest BCUT2D eigenvalue weighted by atomic mass is 10.0. The van der Waals surface area contributed by atoms with Crippen molar-refractivity contribution in [2.24, 2.45) is 0 Å². The lowest BCUT2D eigenvalue weighted by molar-refractivity contribution is 0.811. The lowest BCUT2D eigenvalue weighted by Crippen LogP contribution is -1.93. The fraction of sp³-hybridized carbons (Fsp3) is 0.368. The van der Waals surface area contributed by atoms with Gasteiger partial charge in [-0.2, -0.15) is 0 Å². The second-order valence-corrected chi connectivity index (χ2v) is 5.12. The molecule has 0 aliphatic rings. The van der Waals surface area contributed by atoms with Crippen molar-refractivity contribution in [3.05, 3.63) is 53.1 Å². The molecule has 0 saturated heterocycles. The van der Waals surface area contributed by atoms with Crippen molar-refractivity contribution in [2.75, 3.05) is 5.32 Å². The summed E-state index contributed by atoms with van der Waals surface area (Å²) in [5, 5.41) is 2.92. The first-order chi connectivity index (χ1) is 9.67. The number of terminal acetylenes is 1. The van der Waals surface area contributed by atoms with Gasteiger partial charge in [0.05, 0.1) is 0 Å². The second kappa shape index (κ2) is 9.04. The van der Waals surface area contributed by atoms with Crippen LogP contribution in [0.15, 0.2) is 42.0 Å². The first kappa shape index (κ1) is 16.1. The van der Waals surface area contributed by atoms with Crippen LogP contribution < -0.4 is 5.32 Å². The third-order valence-electron chi connectivity index (χ3n) is 3.29. The van der Waals surface area contributed by atoms with Gasteiger partial charge >= 0.3 is 0 Å². The van der Waals surface area contributed by atoms with Crippen molar-refractivity contribution in [1.29, 1.82) is 0 Å². The van der Waals surface area contributed by atoms with Crippen LogP contribution >= 0.6 is 0 Å². The van der Waals surface area contributed by atoms with E-state index in [1.54, 1.807) is 0 Å². The highest BCUT2D eigenvalue weighted by atomic mass is 14.8. The average Bonchev–Trinajstić information content (AvgIpc) is 2.42. The molecule has 0 saturated carbocycles. The quantitative estimate of drug-likeness (QED) is 0.405. The van der Waals surface area contributed by atoms with Crippen LogP contribution in [0.3, 0.4) is 0 Å². The molecule has 1 N–H and O–H groups in total. The zero-order chi connectivity index (χ0) is 14.8. The van der Waals surface area contributed by atoms with E-state index in [0.717, 1.165) is 24.9 Å². The van der Waals surface area contributed by atoms with Crippen LogP contribution in [0.4, 0.5) is 5.69 Å². The molecule has 0 bridgehead atoms. The first-order valence-electron chi connectivity index (χ1n) is 7.30. The molecule has 20 heavy (non-hydrogen) atoms. The third kappa shape index (κ3) is 5.80. The monoisotopic (exact) mass is 267 g/mol. The molecule has 0 spiro atoms. The van der Waals surface area contributed by atoms with Crippen LogP contribution in [0.1, 0.15) is 44.2 Å². The minimum atomic E-state index is 1.03. The topological polar surface area (TPSA) is 12.0 Å². The fourth-order valence-electron chi connectivity index (χ4n) is 2.12. The minimum Gasteiger partial charge on any atom is -0.315 e. The number of rotatable bonds is 7. The van der Waals surface area contributed by atoms with Gasteiger partial charge in [-0.05, 0) is 56.7 Å². The van der Waals surface area contributed by atoms with Crippen LogP contribution in [0.2, 0.25) is 0 Å². The Hall–Kier alpha value is -1.94. The Labute approximate surface area is 123 Å². The smallest absolute Gasteiger partial charge is 0.0488 e. The van der Waals surface area contributed by atoms with E-state index in [1.807, 2.05) is 0 Å². The Balaban J connectivity index is 2.47. The summed E-state index contributed by atoms with van der Waals surface area (Å²) in [6.45, 7) is 6.44. The summed E-state index contributed by atoms with van der Waals surface area (Å²) in [6.07, 6.45) is 16.4. The van der Waals surface area contributed by atoms with E-state index in [9.17, 15) is 0 Å². The summed E-state index contributed by atoms with van der Waals surface area (Å²) in [5.74, 6) is 0. The molecule has 0 atom stereocenters. The molecule has 0 aliphatic carbocycles. The van der Waals surface area contributed by atoms with Crippen LogP contribution in [-0.4, -0.2) is 0 Å². The van der Waals surface area contributed by atoms with E-state index in [-0.39, 0.29) is 0 Å². The normalized spacial score (nSPS) is 11.6. The van der Waals surface area contributed by atoms with Gasteiger partial charge in [-0.1, -0.05) is 49.3 Å². The summed E-state index contributed by atoms with van der Waals surface area (Å²) >= 11 is 0. The van der Waals surface area contributed by atoms with E-state index in [4.69, 9.17) is 6.42 Å². The molecular formula is C19H25N. The number of benzene rings is 1. The summed E-state index contributed by atoms with van der Waals surface area (Å²) in [5.41, 5.74) is 5.05. The van der Waals surface area contributed by atoms with Gasteiger partial charge in [-0.3, -0.25) is 0 Å². The molecule has 0 heterocycles. The van der Waals surface area contributed by atoms with Gasteiger partial charge in [0.1, 0.15) is 0 Å². The Morgan fingerprint density at radius 3 is 2.85 bits per heavy atom. The Kier molecular flexibility index (Phi) is 7.29. The molecule has 1 aromatic rings. The number of nitrogens with one attached hydrogen (secondary N) is 1. The molecule has 1 nitrogen and oxygen atoms in total.